The second-order valence-electron chi connectivity index (χ2n) is 5.30. The van der Waals surface area contributed by atoms with Gasteiger partial charge < -0.3 is 5.32 Å². The summed E-state index contributed by atoms with van der Waals surface area (Å²) in [5, 5.41) is 2.79. The number of nitrogens with zero attached hydrogens (tertiary/aromatic N) is 1. The molecule has 1 amide bonds. The average Bonchev–Trinajstić information content (AvgIpc) is 2.99. The van der Waals surface area contributed by atoms with Crippen molar-refractivity contribution < 1.29 is 17.6 Å². The van der Waals surface area contributed by atoms with Crippen LogP contribution in [0.4, 0.5) is 4.39 Å². The number of amides is 1. The van der Waals surface area contributed by atoms with Crippen molar-refractivity contribution in [3.63, 3.8) is 0 Å². The second-order valence-corrected chi connectivity index (χ2v) is 9.07. The fourth-order valence-corrected chi connectivity index (χ4v) is 5.87. The normalized spacial score (nSPS) is 20.4. The van der Waals surface area contributed by atoms with E-state index in [1.807, 2.05) is 13.8 Å². The van der Waals surface area contributed by atoms with Gasteiger partial charge in [0.25, 0.3) is 0 Å². The van der Waals surface area contributed by atoms with Crippen molar-refractivity contribution in [1.82, 2.24) is 9.62 Å². The lowest BCUT2D eigenvalue weighted by Gasteiger charge is -2.24. The molecule has 2 atom stereocenters. The third-order valence-electron chi connectivity index (χ3n) is 3.63. The summed E-state index contributed by atoms with van der Waals surface area (Å²) in [6, 6.07) is 2.88. The predicted octanol–water partition coefficient (Wildman–Crippen LogP) is 2.57. The summed E-state index contributed by atoms with van der Waals surface area (Å²) in [5.41, 5.74) is 0. The van der Waals surface area contributed by atoms with E-state index in [0.717, 1.165) is 16.8 Å². The zero-order valence-electron chi connectivity index (χ0n) is 12.8. The number of carbonyl (C=O) groups is 1. The number of sulfonamides is 1. The van der Waals surface area contributed by atoms with Crippen LogP contribution in [0.1, 0.15) is 20.3 Å². The van der Waals surface area contributed by atoms with Crippen LogP contribution < -0.4 is 5.32 Å². The van der Waals surface area contributed by atoms with Crippen molar-refractivity contribution in [2.45, 2.75) is 37.2 Å². The third kappa shape index (κ3) is 4.07. The van der Waals surface area contributed by atoms with Crippen molar-refractivity contribution in [3.8, 4) is 0 Å². The van der Waals surface area contributed by atoms with Crippen LogP contribution >= 0.6 is 27.7 Å². The lowest BCUT2D eigenvalue weighted by molar-refractivity contribution is -0.124. The SMILES string of the molecule is CCC(C)NC(=O)C1CSCN1S(=O)(=O)c1cc(Br)ccc1F. The number of rotatable bonds is 5. The van der Waals surface area contributed by atoms with Crippen molar-refractivity contribution in [1.29, 1.82) is 0 Å². The number of hydrogen-bond acceptors (Lipinski definition) is 4. The molecule has 23 heavy (non-hydrogen) atoms. The topological polar surface area (TPSA) is 66.5 Å². The van der Waals surface area contributed by atoms with Gasteiger partial charge in [0, 0.05) is 16.3 Å². The van der Waals surface area contributed by atoms with E-state index in [1.54, 1.807) is 0 Å². The summed E-state index contributed by atoms with van der Waals surface area (Å²) in [6.07, 6.45) is 0.749. The van der Waals surface area contributed by atoms with Gasteiger partial charge in [-0.1, -0.05) is 22.9 Å². The molecule has 0 radical (unpaired) electrons. The molecule has 0 saturated carbocycles. The summed E-state index contributed by atoms with van der Waals surface area (Å²) in [4.78, 5) is 11.9. The highest BCUT2D eigenvalue weighted by atomic mass is 79.9. The molecule has 128 valence electrons. The molecule has 0 aromatic heterocycles. The van der Waals surface area contributed by atoms with E-state index in [-0.39, 0.29) is 17.8 Å². The van der Waals surface area contributed by atoms with Gasteiger partial charge in [-0.3, -0.25) is 4.79 Å². The molecule has 1 aliphatic rings. The molecule has 0 spiro atoms. The van der Waals surface area contributed by atoms with Crippen LogP contribution in [0.3, 0.4) is 0 Å². The van der Waals surface area contributed by atoms with Crippen LogP contribution in [0.15, 0.2) is 27.6 Å². The molecule has 1 heterocycles. The Kier molecular flexibility index (Phi) is 6.10. The standard InChI is InChI=1S/C14H18BrFN2O3S2/c1-3-9(2)17-14(19)12-7-22-8-18(12)23(20,21)13-6-10(15)4-5-11(13)16/h4-6,9,12H,3,7-8H2,1-2H3,(H,17,19). The Hall–Kier alpha value is -0.640. The number of nitrogens with one attached hydrogen (secondary N) is 1. The lowest BCUT2D eigenvalue weighted by Crippen LogP contribution is -2.49. The Balaban J connectivity index is 2.31. The van der Waals surface area contributed by atoms with Gasteiger partial charge in [0.2, 0.25) is 15.9 Å². The molecule has 0 bridgehead atoms. The molecule has 1 aliphatic heterocycles. The van der Waals surface area contributed by atoms with Crippen LogP contribution in [0, 0.1) is 5.82 Å². The first-order valence-electron chi connectivity index (χ1n) is 7.12. The quantitative estimate of drug-likeness (QED) is 0.788. The highest BCUT2D eigenvalue weighted by Gasteiger charge is 2.41. The van der Waals surface area contributed by atoms with Gasteiger partial charge >= 0.3 is 0 Å². The zero-order chi connectivity index (χ0) is 17.2. The highest BCUT2D eigenvalue weighted by molar-refractivity contribution is 9.10. The number of benzene rings is 1. The number of halogens is 2. The maximum absolute atomic E-state index is 14.0. The van der Waals surface area contributed by atoms with Gasteiger partial charge in [-0.05, 0) is 31.5 Å². The van der Waals surface area contributed by atoms with Crippen LogP contribution in [-0.2, 0) is 14.8 Å². The monoisotopic (exact) mass is 424 g/mol. The Morgan fingerprint density at radius 3 is 2.91 bits per heavy atom. The fourth-order valence-electron chi connectivity index (χ4n) is 2.11. The molecule has 1 N–H and O–H groups in total. The first kappa shape index (κ1) is 18.7. The Labute approximate surface area is 148 Å². The lowest BCUT2D eigenvalue weighted by atomic mass is 10.2. The van der Waals surface area contributed by atoms with Gasteiger partial charge in [-0.15, -0.1) is 11.8 Å². The molecule has 0 aliphatic carbocycles. The number of carbonyl (C=O) groups excluding carboxylic acids is 1. The van der Waals surface area contributed by atoms with Crippen molar-refractivity contribution in [3.05, 3.63) is 28.5 Å². The first-order valence-corrected chi connectivity index (χ1v) is 10.5. The minimum Gasteiger partial charge on any atom is -0.352 e. The number of hydrogen-bond donors (Lipinski definition) is 1. The van der Waals surface area contributed by atoms with Crippen LogP contribution in [0.2, 0.25) is 0 Å². The van der Waals surface area contributed by atoms with Gasteiger partial charge in [0.05, 0.1) is 5.88 Å². The summed E-state index contributed by atoms with van der Waals surface area (Å²) >= 11 is 4.49. The summed E-state index contributed by atoms with van der Waals surface area (Å²) in [5.74, 6) is -0.682. The molecule has 1 fully saturated rings. The molecule has 1 saturated heterocycles. The summed E-state index contributed by atoms with van der Waals surface area (Å²) in [7, 11) is -4.08. The molecular formula is C14H18BrFN2O3S2. The maximum Gasteiger partial charge on any atom is 0.247 e. The fraction of sp³-hybridized carbons (Fsp3) is 0.500. The van der Waals surface area contributed by atoms with Crippen LogP contribution in [0.25, 0.3) is 0 Å². The van der Waals surface area contributed by atoms with Gasteiger partial charge in [-0.25, -0.2) is 12.8 Å². The molecule has 5 nitrogen and oxygen atoms in total. The Bertz CT molecular complexity index is 699. The molecule has 9 heteroatoms. The van der Waals surface area contributed by atoms with E-state index in [9.17, 15) is 17.6 Å². The second kappa shape index (κ2) is 7.50. The molecular weight excluding hydrogens is 407 g/mol. The highest BCUT2D eigenvalue weighted by Crippen LogP contribution is 2.31. The third-order valence-corrected chi connectivity index (χ3v) is 7.16. The van der Waals surface area contributed by atoms with Gasteiger partial charge in [0.15, 0.2) is 0 Å². The van der Waals surface area contributed by atoms with Gasteiger partial charge in [-0.2, -0.15) is 4.31 Å². The van der Waals surface area contributed by atoms with Crippen molar-refractivity contribution >= 4 is 43.6 Å². The Morgan fingerprint density at radius 2 is 2.26 bits per heavy atom. The van der Waals surface area contributed by atoms with Gasteiger partial charge in [0.1, 0.15) is 16.8 Å². The van der Waals surface area contributed by atoms with Crippen LogP contribution in [-0.4, -0.2) is 42.3 Å². The van der Waals surface area contributed by atoms with E-state index in [2.05, 4.69) is 21.2 Å². The maximum atomic E-state index is 14.0. The summed E-state index contributed by atoms with van der Waals surface area (Å²) < 4.78 is 41.0. The van der Waals surface area contributed by atoms with Crippen molar-refractivity contribution in [2.24, 2.45) is 0 Å². The first-order chi connectivity index (χ1) is 10.8. The smallest absolute Gasteiger partial charge is 0.247 e. The number of thioether (sulfide) groups is 1. The zero-order valence-corrected chi connectivity index (χ0v) is 16.0. The predicted molar refractivity (Wildman–Crippen MR) is 92.1 cm³/mol. The van der Waals surface area contributed by atoms with E-state index in [4.69, 9.17) is 0 Å². The van der Waals surface area contributed by atoms with E-state index >= 15 is 0 Å². The van der Waals surface area contributed by atoms with E-state index < -0.39 is 26.8 Å². The molecule has 2 unspecified atom stereocenters. The molecule has 2 rings (SSSR count). The van der Waals surface area contributed by atoms with Crippen molar-refractivity contribution in [2.75, 3.05) is 11.6 Å². The summed E-state index contributed by atoms with van der Waals surface area (Å²) in [6.45, 7) is 3.78. The average molecular weight is 425 g/mol. The van der Waals surface area contributed by atoms with E-state index in [0.29, 0.717) is 10.2 Å². The molecule has 1 aromatic carbocycles. The minimum absolute atomic E-state index is 0.0414. The van der Waals surface area contributed by atoms with Crippen LogP contribution in [0.5, 0.6) is 0 Å². The minimum atomic E-state index is -4.08. The largest absolute Gasteiger partial charge is 0.352 e. The molecule has 1 aromatic rings. The van der Waals surface area contributed by atoms with E-state index in [1.165, 1.54) is 23.9 Å². The Morgan fingerprint density at radius 1 is 1.57 bits per heavy atom.